The summed E-state index contributed by atoms with van der Waals surface area (Å²) in [5.41, 5.74) is 12.0. The Kier molecular flexibility index (Phi) is 1.42. The summed E-state index contributed by atoms with van der Waals surface area (Å²) < 4.78 is 0. The quantitative estimate of drug-likeness (QED) is 0.530. The summed E-state index contributed by atoms with van der Waals surface area (Å²) in [4.78, 5) is 0. The van der Waals surface area contributed by atoms with Crippen LogP contribution in [0.25, 0.3) is 11.1 Å². The van der Waals surface area contributed by atoms with E-state index >= 15 is 0 Å². The van der Waals surface area contributed by atoms with Gasteiger partial charge in [-0.3, -0.25) is 0 Å². The van der Waals surface area contributed by atoms with Gasteiger partial charge in [0.25, 0.3) is 0 Å². The number of fused-ring (bicyclic) bond motifs is 4. The van der Waals surface area contributed by atoms with Crippen molar-refractivity contribution < 1.29 is 0 Å². The van der Waals surface area contributed by atoms with E-state index in [1.165, 1.54) is 22.3 Å². The lowest BCUT2D eigenvalue weighted by Gasteiger charge is -2.18. The van der Waals surface area contributed by atoms with Crippen molar-refractivity contribution in [3.05, 3.63) is 53.6 Å². The summed E-state index contributed by atoms with van der Waals surface area (Å²) in [6, 6.07) is 14.8. The first-order chi connectivity index (χ1) is 6.84. The molecule has 0 atom stereocenters. The van der Waals surface area contributed by atoms with Crippen LogP contribution in [0.4, 0.5) is 5.69 Å². The van der Waals surface area contributed by atoms with Crippen molar-refractivity contribution in [3.63, 3.8) is 0 Å². The first-order valence-electron chi connectivity index (χ1n) is 4.81. The number of benzene rings is 2. The number of hydrogen-bond donors (Lipinski definition) is 1. The van der Waals surface area contributed by atoms with Crippen LogP contribution in [-0.2, 0) is 6.42 Å². The van der Waals surface area contributed by atoms with Gasteiger partial charge in [-0.1, -0.05) is 30.3 Å². The zero-order valence-corrected chi connectivity index (χ0v) is 7.83. The smallest absolute Gasteiger partial charge is 0.0394 e. The van der Waals surface area contributed by atoms with E-state index in [4.69, 9.17) is 5.73 Å². The van der Waals surface area contributed by atoms with Crippen LogP contribution in [0.5, 0.6) is 0 Å². The van der Waals surface area contributed by atoms with E-state index in [1.807, 2.05) is 6.07 Å². The molecule has 0 aromatic heterocycles. The van der Waals surface area contributed by atoms with Gasteiger partial charge in [0.05, 0.1) is 0 Å². The van der Waals surface area contributed by atoms with Crippen LogP contribution >= 0.6 is 0 Å². The van der Waals surface area contributed by atoms with Gasteiger partial charge in [-0.15, -0.1) is 0 Å². The second kappa shape index (κ2) is 2.61. The maximum absolute atomic E-state index is 5.95. The largest absolute Gasteiger partial charge is 0.398 e. The average Bonchev–Trinajstić information content (AvgIpc) is 2.23. The monoisotopic (exact) mass is 181 g/mol. The molecule has 1 nitrogen and oxygen atoms in total. The molecule has 0 aliphatic heterocycles. The lowest BCUT2D eigenvalue weighted by Crippen LogP contribution is -2.01. The zero-order valence-electron chi connectivity index (χ0n) is 7.83. The second-order valence-electron chi connectivity index (χ2n) is 3.76. The van der Waals surface area contributed by atoms with Gasteiger partial charge in [-0.2, -0.15) is 0 Å². The van der Waals surface area contributed by atoms with Gasteiger partial charge < -0.3 is 5.73 Å². The van der Waals surface area contributed by atoms with Crippen LogP contribution in [0, 0.1) is 0 Å². The number of rotatable bonds is 0. The van der Waals surface area contributed by atoms with E-state index in [9.17, 15) is 0 Å². The molecule has 1 heteroatoms. The van der Waals surface area contributed by atoms with Crippen molar-refractivity contribution in [2.45, 2.75) is 6.42 Å². The molecule has 3 rings (SSSR count). The molecule has 2 aromatic rings. The molecule has 0 unspecified atom stereocenters. The minimum absolute atomic E-state index is 0.876. The minimum atomic E-state index is 0.876. The molecule has 0 fully saturated rings. The molecular formula is C13H11N. The van der Waals surface area contributed by atoms with Crippen LogP contribution < -0.4 is 5.73 Å². The summed E-state index contributed by atoms with van der Waals surface area (Å²) in [5, 5.41) is 0. The Morgan fingerprint density at radius 2 is 1.79 bits per heavy atom. The summed E-state index contributed by atoms with van der Waals surface area (Å²) in [5.74, 6) is 0. The van der Waals surface area contributed by atoms with Gasteiger partial charge in [-0.05, 0) is 35.2 Å². The minimum Gasteiger partial charge on any atom is -0.398 e. The predicted molar refractivity (Wildman–Crippen MR) is 59.1 cm³/mol. The summed E-state index contributed by atoms with van der Waals surface area (Å²) in [7, 11) is 0. The van der Waals surface area contributed by atoms with E-state index in [2.05, 4.69) is 36.4 Å². The standard InChI is InChI=1S/C13H11N/c14-13-6-5-9-7-10-3-1-2-4-11(10)12(13)8-9/h1-6,8H,7,14H2. The van der Waals surface area contributed by atoms with Gasteiger partial charge in [-0.25, -0.2) is 0 Å². The molecule has 0 saturated carbocycles. The Balaban J connectivity index is 2.36. The van der Waals surface area contributed by atoms with Crippen LogP contribution in [0.2, 0.25) is 0 Å². The zero-order chi connectivity index (χ0) is 9.54. The third kappa shape index (κ3) is 0.956. The highest BCUT2D eigenvalue weighted by molar-refractivity contribution is 5.81. The average molecular weight is 181 g/mol. The molecule has 2 bridgehead atoms. The van der Waals surface area contributed by atoms with E-state index in [0.29, 0.717) is 0 Å². The van der Waals surface area contributed by atoms with Gasteiger partial charge in [0.15, 0.2) is 0 Å². The first kappa shape index (κ1) is 7.63. The SMILES string of the molecule is Nc1ccc2cc1-c1ccccc1C2. The number of nitrogens with two attached hydrogens (primary N) is 1. The maximum Gasteiger partial charge on any atom is 0.0394 e. The van der Waals surface area contributed by atoms with Crippen molar-refractivity contribution in [2.75, 3.05) is 5.73 Å². The molecule has 0 radical (unpaired) electrons. The number of hydrogen-bond acceptors (Lipinski definition) is 1. The fourth-order valence-electron chi connectivity index (χ4n) is 2.10. The number of nitrogen functional groups attached to an aromatic ring is 1. The Morgan fingerprint density at radius 3 is 2.71 bits per heavy atom. The van der Waals surface area contributed by atoms with Crippen LogP contribution in [-0.4, -0.2) is 0 Å². The Labute approximate surface area is 83.2 Å². The molecular weight excluding hydrogens is 170 g/mol. The molecule has 0 spiro atoms. The van der Waals surface area contributed by atoms with E-state index in [0.717, 1.165) is 12.1 Å². The molecule has 0 saturated heterocycles. The van der Waals surface area contributed by atoms with Crippen molar-refractivity contribution in [1.82, 2.24) is 0 Å². The fraction of sp³-hybridized carbons (Fsp3) is 0.0769. The van der Waals surface area contributed by atoms with Crippen molar-refractivity contribution in [2.24, 2.45) is 0 Å². The third-order valence-electron chi connectivity index (χ3n) is 2.82. The summed E-state index contributed by atoms with van der Waals surface area (Å²) in [6.45, 7) is 0. The second-order valence-corrected chi connectivity index (χ2v) is 3.76. The van der Waals surface area contributed by atoms with Crippen LogP contribution in [0.3, 0.4) is 0 Å². The molecule has 2 aromatic carbocycles. The normalized spacial score (nSPS) is 12.3. The van der Waals surface area contributed by atoms with Gasteiger partial charge in [0, 0.05) is 11.3 Å². The lowest BCUT2D eigenvalue weighted by molar-refractivity contribution is 1.17. The van der Waals surface area contributed by atoms with Gasteiger partial charge >= 0.3 is 0 Å². The van der Waals surface area contributed by atoms with Crippen LogP contribution in [0.15, 0.2) is 42.5 Å². The molecule has 0 heterocycles. The predicted octanol–water partition coefficient (Wildman–Crippen LogP) is 2.84. The summed E-state index contributed by atoms with van der Waals surface area (Å²) in [6.07, 6.45) is 1.03. The molecule has 0 amide bonds. The van der Waals surface area contributed by atoms with Crippen LogP contribution in [0.1, 0.15) is 11.1 Å². The van der Waals surface area contributed by atoms with Gasteiger partial charge in [0.1, 0.15) is 0 Å². The van der Waals surface area contributed by atoms with Crippen molar-refractivity contribution in [1.29, 1.82) is 0 Å². The Bertz CT molecular complexity index is 500. The molecule has 1 aliphatic carbocycles. The molecule has 14 heavy (non-hydrogen) atoms. The fourth-order valence-corrected chi connectivity index (χ4v) is 2.10. The molecule has 68 valence electrons. The molecule has 1 aliphatic rings. The Morgan fingerprint density at radius 1 is 0.929 bits per heavy atom. The van der Waals surface area contributed by atoms with Gasteiger partial charge in [0.2, 0.25) is 0 Å². The van der Waals surface area contributed by atoms with E-state index < -0.39 is 0 Å². The molecule has 2 N–H and O–H groups in total. The van der Waals surface area contributed by atoms with E-state index in [1.54, 1.807) is 0 Å². The lowest BCUT2D eigenvalue weighted by atomic mass is 9.87. The third-order valence-corrected chi connectivity index (χ3v) is 2.82. The highest BCUT2D eigenvalue weighted by Gasteiger charge is 2.13. The highest BCUT2D eigenvalue weighted by atomic mass is 14.6. The highest BCUT2D eigenvalue weighted by Crippen LogP contribution is 2.35. The van der Waals surface area contributed by atoms with Crippen molar-refractivity contribution in [3.8, 4) is 11.1 Å². The summed E-state index contributed by atoms with van der Waals surface area (Å²) >= 11 is 0. The Hall–Kier alpha value is -1.76. The number of anilines is 1. The maximum atomic E-state index is 5.95. The van der Waals surface area contributed by atoms with Crippen molar-refractivity contribution >= 4 is 5.69 Å². The first-order valence-corrected chi connectivity index (χ1v) is 4.81. The van der Waals surface area contributed by atoms with E-state index in [-0.39, 0.29) is 0 Å². The topological polar surface area (TPSA) is 26.0 Å².